The number of nitrogens with two attached hydrogens (primary N) is 1. The van der Waals surface area contributed by atoms with Crippen molar-refractivity contribution >= 4 is 17.5 Å². The number of carbonyl (C=O) groups excluding carboxylic acids is 1. The number of halogens is 4. The normalized spacial score (nSPS) is 11.6. The lowest BCUT2D eigenvalue weighted by molar-refractivity contribution is -0.141. The smallest absolute Gasteiger partial charge is 0.364 e. The van der Waals surface area contributed by atoms with Crippen LogP contribution < -0.4 is 5.73 Å². The summed E-state index contributed by atoms with van der Waals surface area (Å²) >= 11 is 5.42. The van der Waals surface area contributed by atoms with E-state index in [1.807, 2.05) is 0 Å². The van der Waals surface area contributed by atoms with Gasteiger partial charge in [0.05, 0.1) is 0 Å². The van der Waals surface area contributed by atoms with Gasteiger partial charge in [-0.3, -0.25) is 4.79 Å². The Bertz CT molecular complexity index is 639. The van der Waals surface area contributed by atoms with E-state index in [1.54, 1.807) is 0 Å². The van der Waals surface area contributed by atoms with E-state index < -0.39 is 23.1 Å². The first-order chi connectivity index (χ1) is 8.77. The van der Waals surface area contributed by atoms with E-state index in [1.165, 1.54) is 12.3 Å². The molecule has 19 heavy (non-hydrogen) atoms. The third-order valence-corrected chi connectivity index (χ3v) is 2.22. The Labute approximate surface area is 109 Å². The molecule has 0 unspecified atom stereocenters. The number of amides is 1. The average molecular weight is 292 g/mol. The number of aromatic nitrogens is 4. The van der Waals surface area contributed by atoms with Crippen LogP contribution in [0, 0.1) is 0 Å². The Hall–Kier alpha value is -2.16. The van der Waals surface area contributed by atoms with E-state index >= 15 is 0 Å². The summed E-state index contributed by atoms with van der Waals surface area (Å²) in [6.07, 6.45) is -3.43. The van der Waals surface area contributed by atoms with Crippen LogP contribution in [0.5, 0.6) is 0 Å². The van der Waals surface area contributed by atoms with Crippen molar-refractivity contribution in [3.63, 3.8) is 0 Å². The first-order valence-electron chi connectivity index (χ1n) is 4.75. The van der Waals surface area contributed by atoms with E-state index in [2.05, 4.69) is 15.1 Å². The molecule has 0 fully saturated rings. The zero-order chi connectivity index (χ0) is 14.2. The van der Waals surface area contributed by atoms with Gasteiger partial charge in [-0.1, -0.05) is 0 Å². The van der Waals surface area contributed by atoms with E-state index in [9.17, 15) is 18.0 Å². The van der Waals surface area contributed by atoms with Crippen molar-refractivity contribution in [3.05, 3.63) is 35.0 Å². The Balaban J connectivity index is 2.50. The summed E-state index contributed by atoms with van der Waals surface area (Å²) in [5.41, 5.74) is 3.66. The molecule has 0 saturated heterocycles. The summed E-state index contributed by atoms with van der Waals surface area (Å²) in [4.78, 5) is 17.5. The molecular formula is C9H5ClF3N5O. The zero-order valence-corrected chi connectivity index (χ0v) is 9.77. The summed E-state index contributed by atoms with van der Waals surface area (Å²) in [6, 6.07) is 1.90. The van der Waals surface area contributed by atoms with Crippen LogP contribution in [0.15, 0.2) is 18.3 Å². The number of hydrogen-bond donors (Lipinski definition) is 1. The highest BCUT2D eigenvalue weighted by atomic mass is 35.5. The minimum absolute atomic E-state index is 0.108. The Morgan fingerprint density at radius 2 is 2.05 bits per heavy atom. The van der Waals surface area contributed by atoms with Gasteiger partial charge in [-0.05, 0) is 17.7 Å². The fourth-order valence-corrected chi connectivity index (χ4v) is 1.43. The molecule has 0 saturated carbocycles. The van der Waals surface area contributed by atoms with Crippen molar-refractivity contribution in [2.24, 2.45) is 5.73 Å². The summed E-state index contributed by atoms with van der Waals surface area (Å²) in [7, 11) is 0. The van der Waals surface area contributed by atoms with Crippen LogP contribution in [0.4, 0.5) is 13.2 Å². The minimum atomic E-state index is -4.67. The van der Waals surface area contributed by atoms with Crippen molar-refractivity contribution in [1.82, 2.24) is 19.7 Å². The molecule has 0 aliphatic carbocycles. The lowest BCUT2D eigenvalue weighted by atomic mass is 10.4. The Morgan fingerprint density at radius 1 is 1.37 bits per heavy atom. The molecule has 10 heteroatoms. The fraction of sp³-hybridized carbons (Fsp3) is 0.111. The molecule has 0 aromatic carbocycles. The van der Waals surface area contributed by atoms with Crippen LogP contribution in [-0.2, 0) is 6.18 Å². The van der Waals surface area contributed by atoms with Crippen LogP contribution in [0.3, 0.4) is 0 Å². The van der Waals surface area contributed by atoms with Crippen LogP contribution in [0.1, 0.15) is 16.2 Å². The summed E-state index contributed by atoms with van der Waals surface area (Å²) in [5.74, 6) is -1.03. The van der Waals surface area contributed by atoms with Gasteiger partial charge in [-0.15, -0.1) is 0 Å². The number of rotatable bonds is 2. The molecule has 0 aliphatic rings. The predicted octanol–water partition coefficient (Wildman–Crippen LogP) is 1.43. The van der Waals surface area contributed by atoms with Crippen LogP contribution in [0.2, 0.25) is 5.28 Å². The minimum Gasteiger partial charge on any atom is -0.364 e. The van der Waals surface area contributed by atoms with Crippen molar-refractivity contribution in [3.8, 4) is 5.82 Å². The number of carbonyl (C=O) groups is 1. The topological polar surface area (TPSA) is 86.7 Å². The fourth-order valence-electron chi connectivity index (χ4n) is 1.25. The molecule has 0 bridgehead atoms. The van der Waals surface area contributed by atoms with E-state index in [-0.39, 0.29) is 11.5 Å². The largest absolute Gasteiger partial charge is 0.433 e. The second-order valence-electron chi connectivity index (χ2n) is 3.39. The first-order valence-corrected chi connectivity index (χ1v) is 5.13. The molecule has 2 aromatic rings. The molecule has 0 aliphatic heterocycles. The van der Waals surface area contributed by atoms with Crippen molar-refractivity contribution in [2.75, 3.05) is 0 Å². The molecule has 2 N–H and O–H groups in total. The molecule has 100 valence electrons. The highest BCUT2D eigenvalue weighted by Crippen LogP contribution is 2.29. The third kappa shape index (κ3) is 2.81. The van der Waals surface area contributed by atoms with Crippen LogP contribution >= 0.6 is 11.6 Å². The third-order valence-electron chi connectivity index (χ3n) is 2.05. The van der Waals surface area contributed by atoms with E-state index in [0.717, 1.165) is 4.68 Å². The molecule has 0 radical (unpaired) electrons. The number of nitrogens with zero attached hydrogens (tertiary/aromatic N) is 4. The number of alkyl halides is 3. The lowest BCUT2D eigenvalue weighted by Crippen LogP contribution is -2.14. The number of hydrogen-bond acceptors (Lipinski definition) is 4. The van der Waals surface area contributed by atoms with E-state index in [4.69, 9.17) is 17.3 Å². The van der Waals surface area contributed by atoms with Gasteiger partial charge in [0.2, 0.25) is 5.28 Å². The van der Waals surface area contributed by atoms with Gasteiger partial charge in [0.1, 0.15) is 5.69 Å². The van der Waals surface area contributed by atoms with Gasteiger partial charge in [-0.2, -0.15) is 23.3 Å². The van der Waals surface area contributed by atoms with Gasteiger partial charge in [0.15, 0.2) is 11.5 Å². The highest BCUT2D eigenvalue weighted by molar-refractivity contribution is 6.28. The Morgan fingerprint density at radius 3 is 2.58 bits per heavy atom. The maximum Gasteiger partial charge on any atom is 0.433 e. The van der Waals surface area contributed by atoms with Crippen molar-refractivity contribution in [2.45, 2.75) is 6.18 Å². The van der Waals surface area contributed by atoms with Crippen LogP contribution in [-0.4, -0.2) is 25.7 Å². The lowest BCUT2D eigenvalue weighted by Gasteiger charge is -2.07. The SMILES string of the molecule is NC(=O)c1ccn(-c2cc(C(F)(F)F)nc(Cl)n2)n1. The molecular weight excluding hydrogens is 287 g/mol. The molecule has 0 spiro atoms. The van der Waals surface area contributed by atoms with Crippen molar-refractivity contribution in [1.29, 1.82) is 0 Å². The highest BCUT2D eigenvalue weighted by Gasteiger charge is 2.33. The monoisotopic (exact) mass is 291 g/mol. The molecule has 2 rings (SSSR count). The second kappa shape index (κ2) is 4.50. The van der Waals surface area contributed by atoms with Crippen LogP contribution in [0.25, 0.3) is 5.82 Å². The maximum atomic E-state index is 12.5. The first kappa shape index (κ1) is 13.3. The zero-order valence-electron chi connectivity index (χ0n) is 9.02. The molecule has 1 amide bonds. The average Bonchev–Trinajstić information content (AvgIpc) is 2.76. The Kier molecular flexibility index (Phi) is 3.14. The molecule has 0 atom stereocenters. The van der Waals surface area contributed by atoms with E-state index in [0.29, 0.717) is 6.07 Å². The number of primary amides is 1. The van der Waals surface area contributed by atoms with Gasteiger partial charge < -0.3 is 5.73 Å². The van der Waals surface area contributed by atoms with Gasteiger partial charge in [0.25, 0.3) is 5.91 Å². The van der Waals surface area contributed by atoms with Gasteiger partial charge in [0, 0.05) is 12.3 Å². The summed E-state index contributed by atoms with van der Waals surface area (Å²) in [6.45, 7) is 0. The van der Waals surface area contributed by atoms with Gasteiger partial charge in [-0.25, -0.2) is 9.67 Å². The molecule has 2 heterocycles. The van der Waals surface area contributed by atoms with Crippen molar-refractivity contribution < 1.29 is 18.0 Å². The molecule has 2 aromatic heterocycles. The maximum absolute atomic E-state index is 12.5. The summed E-state index contributed by atoms with van der Waals surface area (Å²) in [5, 5.41) is 3.09. The molecule has 6 nitrogen and oxygen atoms in total. The van der Waals surface area contributed by atoms with Gasteiger partial charge >= 0.3 is 6.18 Å². The quantitative estimate of drug-likeness (QED) is 0.848. The second-order valence-corrected chi connectivity index (χ2v) is 3.73. The predicted molar refractivity (Wildman–Crippen MR) is 57.7 cm³/mol. The summed E-state index contributed by atoms with van der Waals surface area (Å²) < 4.78 is 38.6. The standard InChI is InChI=1S/C9H5ClF3N5O/c10-8-15-5(9(11,12)13)3-6(16-8)18-2-1-4(17-18)7(14)19/h1-3H,(H2,14,19).